The molecular weight excluding hydrogens is 230 g/mol. The SMILES string of the molecule is O=S1(=O)CCC(n2cc(CCCO)nn2)C1. The molecule has 1 atom stereocenters. The van der Waals surface area contributed by atoms with Crippen molar-refractivity contribution in [3.8, 4) is 0 Å². The second-order valence-corrected chi connectivity index (χ2v) is 6.30. The van der Waals surface area contributed by atoms with E-state index in [9.17, 15) is 8.42 Å². The van der Waals surface area contributed by atoms with Crippen LogP contribution in [0.3, 0.4) is 0 Å². The standard InChI is InChI=1S/C9H15N3O3S/c13-4-1-2-8-6-12(11-10-8)9-3-5-16(14,15)7-9/h6,9,13H,1-5,7H2. The van der Waals surface area contributed by atoms with Gasteiger partial charge in [0.05, 0.1) is 23.2 Å². The highest BCUT2D eigenvalue weighted by Gasteiger charge is 2.29. The molecule has 0 aromatic carbocycles. The first-order valence-corrected chi connectivity index (χ1v) is 7.15. The quantitative estimate of drug-likeness (QED) is 0.777. The van der Waals surface area contributed by atoms with Crippen molar-refractivity contribution in [2.75, 3.05) is 18.1 Å². The smallest absolute Gasteiger partial charge is 0.152 e. The first-order chi connectivity index (χ1) is 7.61. The minimum absolute atomic E-state index is 0.0691. The van der Waals surface area contributed by atoms with Crippen molar-refractivity contribution in [3.63, 3.8) is 0 Å². The van der Waals surface area contributed by atoms with E-state index >= 15 is 0 Å². The van der Waals surface area contributed by atoms with Gasteiger partial charge in [0.1, 0.15) is 0 Å². The lowest BCUT2D eigenvalue weighted by Crippen LogP contribution is -2.11. The van der Waals surface area contributed by atoms with E-state index in [-0.39, 0.29) is 24.2 Å². The Balaban J connectivity index is 2.02. The summed E-state index contributed by atoms with van der Waals surface area (Å²) >= 11 is 0. The van der Waals surface area contributed by atoms with Crippen LogP contribution in [0, 0.1) is 0 Å². The molecule has 1 aromatic heterocycles. The summed E-state index contributed by atoms with van der Waals surface area (Å²) in [6, 6.07) is -0.0691. The van der Waals surface area contributed by atoms with Gasteiger partial charge in [-0.05, 0) is 19.3 Å². The summed E-state index contributed by atoms with van der Waals surface area (Å²) in [5.41, 5.74) is 0.804. The van der Waals surface area contributed by atoms with E-state index in [0.717, 1.165) is 5.69 Å². The topological polar surface area (TPSA) is 85.1 Å². The van der Waals surface area contributed by atoms with Crippen LogP contribution < -0.4 is 0 Å². The van der Waals surface area contributed by atoms with E-state index in [1.165, 1.54) is 0 Å². The summed E-state index contributed by atoms with van der Waals surface area (Å²) < 4.78 is 24.2. The number of hydrogen-bond acceptors (Lipinski definition) is 5. The van der Waals surface area contributed by atoms with Crippen LogP contribution in [0.5, 0.6) is 0 Å². The van der Waals surface area contributed by atoms with E-state index < -0.39 is 9.84 Å². The monoisotopic (exact) mass is 245 g/mol. The molecule has 7 heteroatoms. The lowest BCUT2D eigenvalue weighted by Gasteiger charge is -2.05. The lowest BCUT2D eigenvalue weighted by atomic mass is 10.2. The number of hydrogen-bond donors (Lipinski definition) is 1. The number of sulfone groups is 1. The minimum Gasteiger partial charge on any atom is -0.396 e. The molecule has 0 bridgehead atoms. The van der Waals surface area contributed by atoms with Crippen molar-refractivity contribution in [1.82, 2.24) is 15.0 Å². The second kappa shape index (κ2) is 4.50. The maximum absolute atomic E-state index is 11.3. The highest BCUT2D eigenvalue weighted by Crippen LogP contribution is 2.22. The summed E-state index contributed by atoms with van der Waals surface area (Å²) in [4.78, 5) is 0. The van der Waals surface area contributed by atoms with Crippen LogP contribution in [-0.2, 0) is 16.3 Å². The molecule has 0 aliphatic carbocycles. The highest BCUT2D eigenvalue weighted by molar-refractivity contribution is 7.91. The normalized spacial score (nSPS) is 23.7. The third-order valence-corrected chi connectivity index (χ3v) is 4.48. The van der Waals surface area contributed by atoms with E-state index in [1.807, 2.05) is 0 Å². The molecule has 1 aromatic rings. The summed E-state index contributed by atoms with van der Waals surface area (Å²) in [6.07, 6.45) is 3.73. The van der Waals surface area contributed by atoms with E-state index in [1.54, 1.807) is 10.9 Å². The molecule has 16 heavy (non-hydrogen) atoms. The number of aliphatic hydroxyl groups is 1. The van der Waals surface area contributed by atoms with Gasteiger partial charge in [-0.15, -0.1) is 5.10 Å². The molecule has 6 nitrogen and oxygen atoms in total. The van der Waals surface area contributed by atoms with Crippen LogP contribution in [0.15, 0.2) is 6.20 Å². The molecule has 1 aliphatic rings. The first-order valence-electron chi connectivity index (χ1n) is 5.33. The Morgan fingerprint density at radius 2 is 2.38 bits per heavy atom. The average Bonchev–Trinajstić information content (AvgIpc) is 2.81. The Hall–Kier alpha value is -0.950. The Labute approximate surface area is 94.2 Å². The van der Waals surface area contributed by atoms with Gasteiger partial charge < -0.3 is 5.11 Å². The van der Waals surface area contributed by atoms with Gasteiger partial charge in [0, 0.05) is 12.8 Å². The van der Waals surface area contributed by atoms with Crippen LogP contribution in [0.4, 0.5) is 0 Å². The number of nitrogens with zero attached hydrogens (tertiary/aromatic N) is 3. The molecule has 0 saturated carbocycles. The fraction of sp³-hybridized carbons (Fsp3) is 0.778. The zero-order chi connectivity index (χ0) is 11.6. The maximum Gasteiger partial charge on any atom is 0.152 e. The predicted molar refractivity (Wildman–Crippen MR) is 57.7 cm³/mol. The van der Waals surface area contributed by atoms with Crippen LogP contribution in [0.1, 0.15) is 24.6 Å². The van der Waals surface area contributed by atoms with Gasteiger partial charge in [0.25, 0.3) is 0 Å². The molecular formula is C9H15N3O3S. The van der Waals surface area contributed by atoms with Crippen LogP contribution in [0.25, 0.3) is 0 Å². The van der Waals surface area contributed by atoms with E-state index in [2.05, 4.69) is 10.3 Å². The second-order valence-electron chi connectivity index (χ2n) is 4.07. The van der Waals surface area contributed by atoms with Crippen molar-refractivity contribution >= 4 is 9.84 Å². The Morgan fingerprint density at radius 1 is 1.56 bits per heavy atom. The highest BCUT2D eigenvalue weighted by atomic mass is 32.2. The third-order valence-electron chi connectivity index (χ3n) is 2.73. The molecule has 0 amide bonds. The van der Waals surface area contributed by atoms with Gasteiger partial charge in [-0.2, -0.15) is 0 Å². The van der Waals surface area contributed by atoms with E-state index in [0.29, 0.717) is 19.3 Å². The van der Waals surface area contributed by atoms with Crippen molar-refractivity contribution in [2.45, 2.75) is 25.3 Å². The summed E-state index contributed by atoms with van der Waals surface area (Å²) in [7, 11) is -2.88. The maximum atomic E-state index is 11.3. The zero-order valence-corrected chi connectivity index (χ0v) is 9.73. The van der Waals surface area contributed by atoms with Gasteiger partial charge in [-0.1, -0.05) is 5.21 Å². The Bertz CT molecular complexity index is 454. The number of aliphatic hydroxyl groups excluding tert-OH is 1. The van der Waals surface area contributed by atoms with Crippen LogP contribution >= 0.6 is 0 Å². The first kappa shape index (κ1) is 11.5. The number of aromatic nitrogens is 3. The van der Waals surface area contributed by atoms with Gasteiger partial charge in [0.2, 0.25) is 0 Å². The molecule has 1 saturated heterocycles. The van der Waals surface area contributed by atoms with Gasteiger partial charge in [0.15, 0.2) is 9.84 Å². The lowest BCUT2D eigenvalue weighted by molar-refractivity contribution is 0.288. The molecule has 1 aliphatic heterocycles. The molecule has 2 rings (SSSR count). The minimum atomic E-state index is -2.88. The van der Waals surface area contributed by atoms with Crippen molar-refractivity contribution < 1.29 is 13.5 Å². The molecule has 2 heterocycles. The van der Waals surface area contributed by atoms with Crippen LogP contribution in [0.2, 0.25) is 0 Å². The summed E-state index contributed by atoms with van der Waals surface area (Å²) in [5, 5.41) is 16.6. The van der Waals surface area contributed by atoms with Crippen LogP contribution in [-0.4, -0.2) is 46.6 Å². The zero-order valence-electron chi connectivity index (χ0n) is 8.91. The molecule has 0 spiro atoms. The fourth-order valence-electron chi connectivity index (χ4n) is 1.85. The third kappa shape index (κ3) is 2.59. The molecule has 1 unspecified atom stereocenters. The van der Waals surface area contributed by atoms with Crippen molar-refractivity contribution in [3.05, 3.63) is 11.9 Å². The Morgan fingerprint density at radius 3 is 3.00 bits per heavy atom. The van der Waals surface area contributed by atoms with Crippen molar-refractivity contribution in [2.24, 2.45) is 0 Å². The Kier molecular flexibility index (Phi) is 3.25. The van der Waals surface area contributed by atoms with Gasteiger partial charge in [-0.3, -0.25) is 0 Å². The van der Waals surface area contributed by atoms with Gasteiger partial charge >= 0.3 is 0 Å². The van der Waals surface area contributed by atoms with Gasteiger partial charge in [-0.25, -0.2) is 13.1 Å². The number of rotatable bonds is 4. The predicted octanol–water partition coefficient (Wildman–Crippen LogP) is -0.437. The fourth-order valence-corrected chi connectivity index (χ4v) is 3.55. The largest absolute Gasteiger partial charge is 0.396 e. The summed E-state index contributed by atoms with van der Waals surface area (Å²) in [5.74, 6) is 0.402. The summed E-state index contributed by atoms with van der Waals surface area (Å²) in [6.45, 7) is 0.130. The van der Waals surface area contributed by atoms with E-state index in [4.69, 9.17) is 5.11 Å². The van der Waals surface area contributed by atoms with Crippen molar-refractivity contribution in [1.29, 1.82) is 0 Å². The molecule has 1 fully saturated rings. The molecule has 0 radical (unpaired) electrons. The average molecular weight is 245 g/mol. The molecule has 1 N–H and O–H groups in total. The molecule has 90 valence electrons. The number of aryl methyl sites for hydroxylation is 1.